The number of carbonyl (C=O) groups excluding carboxylic acids is 1. The number of fused-ring (bicyclic) bond motifs is 5. The minimum absolute atomic E-state index is 0.0473. The van der Waals surface area contributed by atoms with E-state index in [1.54, 1.807) is 12.1 Å². The molecule has 1 fully saturated rings. The Morgan fingerprint density at radius 2 is 1.95 bits per heavy atom. The highest BCUT2D eigenvalue weighted by Crippen LogP contribution is 2.54. The molecule has 0 spiro atoms. The van der Waals surface area contributed by atoms with Gasteiger partial charge in [-0.1, -0.05) is 18.2 Å². The standard InChI is InChI=1S/C15H13F3N2O/c16-15(17,18)14-7-5-12(21)20(14)8-6-10-9-3-1-2-4-11(9)19-13(10)14/h1-4,19H,5-8H2. The number of aromatic amines is 1. The number of nitrogens with zero attached hydrogens (tertiary/aromatic N) is 1. The van der Waals surface area contributed by atoms with E-state index in [4.69, 9.17) is 0 Å². The number of benzene rings is 1. The summed E-state index contributed by atoms with van der Waals surface area (Å²) in [6.45, 7) is 0.132. The van der Waals surface area contributed by atoms with E-state index in [2.05, 4.69) is 4.98 Å². The van der Waals surface area contributed by atoms with Gasteiger partial charge in [0.2, 0.25) is 5.91 Å². The van der Waals surface area contributed by atoms with E-state index in [1.807, 2.05) is 12.1 Å². The average Bonchev–Trinajstić information content (AvgIpc) is 2.97. The minimum Gasteiger partial charge on any atom is -0.356 e. The van der Waals surface area contributed by atoms with Gasteiger partial charge in [-0.05, 0) is 24.5 Å². The van der Waals surface area contributed by atoms with Crippen molar-refractivity contribution in [2.75, 3.05) is 6.54 Å². The van der Waals surface area contributed by atoms with Crippen LogP contribution in [-0.4, -0.2) is 28.5 Å². The van der Waals surface area contributed by atoms with Crippen LogP contribution in [0.2, 0.25) is 0 Å². The second-order valence-corrected chi connectivity index (χ2v) is 5.68. The molecule has 21 heavy (non-hydrogen) atoms. The molecule has 0 bridgehead atoms. The highest BCUT2D eigenvalue weighted by Gasteiger charge is 2.66. The van der Waals surface area contributed by atoms with Crippen LogP contribution in [-0.2, 0) is 16.8 Å². The number of nitrogens with one attached hydrogen (secondary N) is 1. The summed E-state index contributed by atoms with van der Waals surface area (Å²) in [4.78, 5) is 15.9. The number of rotatable bonds is 0. The number of aromatic nitrogens is 1. The Kier molecular flexibility index (Phi) is 2.31. The lowest BCUT2D eigenvalue weighted by atomic mass is 9.84. The van der Waals surface area contributed by atoms with Crippen molar-refractivity contribution in [2.45, 2.75) is 31.0 Å². The van der Waals surface area contributed by atoms with Crippen molar-refractivity contribution >= 4 is 16.8 Å². The molecule has 0 radical (unpaired) electrons. The Balaban J connectivity index is 2.05. The second-order valence-electron chi connectivity index (χ2n) is 5.68. The number of halogens is 3. The number of para-hydroxylation sites is 1. The molecular weight excluding hydrogens is 281 g/mol. The van der Waals surface area contributed by atoms with Crippen LogP contribution >= 0.6 is 0 Å². The van der Waals surface area contributed by atoms with Crippen LogP contribution in [0, 0.1) is 0 Å². The van der Waals surface area contributed by atoms with Gasteiger partial charge in [0.05, 0.1) is 5.69 Å². The van der Waals surface area contributed by atoms with E-state index in [0.717, 1.165) is 10.3 Å². The molecule has 3 heterocycles. The van der Waals surface area contributed by atoms with Gasteiger partial charge in [-0.3, -0.25) is 4.79 Å². The normalized spacial score (nSPS) is 25.3. The molecule has 2 aliphatic rings. The van der Waals surface area contributed by atoms with Gasteiger partial charge < -0.3 is 9.88 Å². The summed E-state index contributed by atoms with van der Waals surface area (Å²) in [6, 6.07) is 7.23. The lowest BCUT2D eigenvalue weighted by molar-refractivity contribution is -0.232. The number of hydrogen-bond acceptors (Lipinski definition) is 1. The Hall–Kier alpha value is -1.98. The molecule has 0 aliphatic carbocycles. The monoisotopic (exact) mass is 294 g/mol. The molecule has 110 valence electrons. The van der Waals surface area contributed by atoms with Crippen LogP contribution in [0.5, 0.6) is 0 Å². The first-order chi connectivity index (χ1) is 9.95. The highest BCUT2D eigenvalue weighted by atomic mass is 19.4. The van der Waals surface area contributed by atoms with Gasteiger partial charge in [-0.15, -0.1) is 0 Å². The fourth-order valence-corrected chi connectivity index (χ4v) is 3.82. The Morgan fingerprint density at radius 3 is 2.71 bits per heavy atom. The number of alkyl halides is 3. The van der Waals surface area contributed by atoms with Gasteiger partial charge in [0, 0.05) is 23.9 Å². The highest BCUT2D eigenvalue weighted by molar-refractivity contribution is 5.88. The van der Waals surface area contributed by atoms with E-state index in [-0.39, 0.29) is 25.1 Å². The molecule has 1 saturated heterocycles. The van der Waals surface area contributed by atoms with Crippen molar-refractivity contribution in [3.05, 3.63) is 35.5 Å². The van der Waals surface area contributed by atoms with Crippen molar-refractivity contribution < 1.29 is 18.0 Å². The van der Waals surface area contributed by atoms with Gasteiger partial charge >= 0.3 is 6.18 Å². The molecule has 1 N–H and O–H groups in total. The van der Waals surface area contributed by atoms with Gasteiger partial charge in [-0.2, -0.15) is 13.2 Å². The predicted molar refractivity (Wildman–Crippen MR) is 70.7 cm³/mol. The molecule has 4 rings (SSSR count). The first-order valence-electron chi connectivity index (χ1n) is 6.92. The van der Waals surface area contributed by atoms with E-state index in [1.165, 1.54) is 0 Å². The molecule has 1 amide bonds. The van der Waals surface area contributed by atoms with Crippen LogP contribution in [0.15, 0.2) is 24.3 Å². The Morgan fingerprint density at radius 1 is 1.19 bits per heavy atom. The van der Waals surface area contributed by atoms with Crippen LogP contribution in [0.3, 0.4) is 0 Å². The van der Waals surface area contributed by atoms with Crippen molar-refractivity contribution in [1.82, 2.24) is 9.88 Å². The van der Waals surface area contributed by atoms with Gasteiger partial charge in [-0.25, -0.2) is 0 Å². The fourth-order valence-electron chi connectivity index (χ4n) is 3.82. The molecule has 6 heteroatoms. The van der Waals surface area contributed by atoms with Crippen LogP contribution < -0.4 is 0 Å². The summed E-state index contributed by atoms with van der Waals surface area (Å²) >= 11 is 0. The molecule has 2 aromatic rings. The molecule has 1 unspecified atom stereocenters. The van der Waals surface area contributed by atoms with Crippen LogP contribution in [0.4, 0.5) is 13.2 Å². The third kappa shape index (κ3) is 1.42. The maximum atomic E-state index is 13.9. The third-order valence-electron chi connectivity index (χ3n) is 4.74. The summed E-state index contributed by atoms with van der Waals surface area (Å²) in [7, 11) is 0. The maximum Gasteiger partial charge on any atom is 0.417 e. The number of carbonyl (C=O) groups is 1. The molecule has 1 aromatic carbocycles. The number of hydrogen-bond donors (Lipinski definition) is 1. The molecule has 1 atom stereocenters. The van der Waals surface area contributed by atoms with Crippen LogP contribution in [0.25, 0.3) is 10.9 Å². The van der Waals surface area contributed by atoms with Crippen molar-refractivity contribution in [1.29, 1.82) is 0 Å². The minimum atomic E-state index is -4.48. The number of amides is 1. The Labute approximate surface area is 118 Å². The largest absolute Gasteiger partial charge is 0.417 e. The zero-order valence-electron chi connectivity index (χ0n) is 11.1. The zero-order chi connectivity index (χ0) is 14.8. The lowest BCUT2D eigenvalue weighted by Crippen LogP contribution is -2.57. The van der Waals surface area contributed by atoms with Crippen molar-refractivity contribution in [3.8, 4) is 0 Å². The topological polar surface area (TPSA) is 36.1 Å². The lowest BCUT2D eigenvalue weighted by Gasteiger charge is -2.43. The molecule has 1 aromatic heterocycles. The summed E-state index contributed by atoms with van der Waals surface area (Å²) in [5.74, 6) is -0.406. The van der Waals surface area contributed by atoms with E-state index in [9.17, 15) is 18.0 Å². The van der Waals surface area contributed by atoms with E-state index in [0.29, 0.717) is 17.5 Å². The van der Waals surface area contributed by atoms with Crippen LogP contribution in [0.1, 0.15) is 24.1 Å². The van der Waals surface area contributed by atoms with Crippen molar-refractivity contribution in [2.24, 2.45) is 0 Å². The molecular formula is C15H13F3N2O. The molecule has 0 saturated carbocycles. The van der Waals surface area contributed by atoms with Gasteiger partial charge in [0.15, 0.2) is 5.54 Å². The second kappa shape index (κ2) is 3.81. The van der Waals surface area contributed by atoms with Crippen molar-refractivity contribution in [3.63, 3.8) is 0 Å². The first-order valence-corrected chi connectivity index (χ1v) is 6.92. The summed E-state index contributed by atoms with van der Waals surface area (Å²) in [5, 5.41) is 0.829. The third-order valence-corrected chi connectivity index (χ3v) is 4.74. The summed E-state index contributed by atoms with van der Waals surface area (Å²) in [6.07, 6.45) is -4.26. The molecule has 3 nitrogen and oxygen atoms in total. The van der Waals surface area contributed by atoms with Gasteiger partial charge in [0.1, 0.15) is 0 Å². The first kappa shape index (κ1) is 12.7. The number of H-pyrrole nitrogens is 1. The molecule has 2 aliphatic heterocycles. The van der Waals surface area contributed by atoms with Gasteiger partial charge in [0.25, 0.3) is 0 Å². The van der Waals surface area contributed by atoms with E-state index < -0.39 is 17.6 Å². The average molecular weight is 294 g/mol. The Bertz CT molecular complexity index is 749. The summed E-state index contributed by atoms with van der Waals surface area (Å²) in [5.41, 5.74) is -0.606. The maximum absolute atomic E-state index is 13.9. The smallest absolute Gasteiger partial charge is 0.356 e. The zero-order valence-corrected chi connectivity index (χ0v) is 11.1. The predicted octanol–water partition coefficient (Wildman–Crippen LogP) is 3.10. The van der Waals surface area contributed by atoms with E-state index >= 15 is 0 Å². The quantitative estimate of drug-likeness (QED) is 0.796. The fraction of sp³-hybridized carbons (Fsp3) is 0.400. The summed E-state index contributed by atoms with van der Waals surface area (Å²) < 4.78 is 41.6. The SMILES string of the molecule is O=C1CCC2(C(F)(F)F)c3[nH]c4ccccc4c3CCN12.